The van der Waals surface area contributed by atoms with Crippen LogP contribution in [0.3, 0.4) is 0 Å². The third-order valence-corrected chi connectivity index (χ3v) is 2.75. The average Bonchev–Trinajstić information content (AvgIpc) is 3.09. The second kappa shape index (κ2) is 5.49. The molecule has 94 valence electrons. The summed E-state index contributed by atoms with van der Waals surface area (Å²) >= 11 is 5.86. The lowest BCUT2D eigenvalue weighted by Crippen LogP contribution is -2.23. The highest BCUT2D eigenvalue weighted by atomic mass is 35.5. The molecular formula is C11H17ClN4O. The molecule has 0 unspecified atom stereocenters. The number of rotatable bonds is 6. The fraction of sp³-hybridized carbons (Fsp3) is 0.727. The first-order valence-electron chi connectivity index (χ1n) is 5.94. The Balaban J connectivity index is 2.06. The van der Waals surface area contributed by atoms with E-state index in [2.05, 4.69) is 15.0 Å². The highest BCUT2D eigenvalue weighted by Gasteiger charge is 2.24. The Morgan fingerprint density at radius 3 is 2.76 bits per heavy atom. The summed E-state index contributed by atoms with van der Waals surface area (Å²) in [4.78, 5) is 14.3. The lowest BCUT2D eigenvalue weighted by molar-refractivity contribution is 0.291. The first-order valence-corrected chi connectivity index (χ1v) is 6.32. The van der Waals surface area contributed by atoms with Gasteiger partial charge < -0.3 is 9.64 Å². The summed E-state index contributed by atoms with van der Waals surface area (Å²) in [6.07, 6.45) is 3.50. The summed E-state index contributed by atoms with van der Waals surface area (Å²) in [5.41, 5.74) is 0. The van der Waals surface area contributed by atoms with Crippen molar-refractivity contribution >= 4 is 17.5 Å². The van der Waals surface area contributed by atoms with E-state index in [4.69, 9.17) is 16.3 Å². The van der Waals surface area contributed by atoms with Crippen molar-refractivity contribution in [1.82, 2.24) is 15.0 Å². The number of hydrogen-bond donors (Lipinski definition) is 0. The van der Waals surface area contributed by atoms with Crippen LogP contribution in [0.4, 0.5) is 5.95 Å². The molecule has 0 atom stereocenters. The van der Waals surface area contributed by atoms with Crippen molar-refractivity contribution in [3.8, 4) is 6.01 Å². The maximum atomic E-state index is 5.86. The molecule has 0 aliphatic heterocycles. The molecular weight excluding hydrogens is 240 g/mol. The SMILES string of the molecule is CCCOc1nc(Cl)nc(N(C)CC2CC2)n1. The maximum Gasteiger partial charge on any atom is 0.322 e. The molecule has 17 heavy (non-hydrogen) atoms. The Morgan fingerprint density at radius 1 is 1.35 bits per heavy atom. The molecule has 1 aliphatic rings. The monoisotopic (exact) mass is 256 g/mol. The second-order valence-corrected chi connectivity index (χ2v) is 4.70. The van der Waals surface area contributed by atoms with E-state index in [-0.39, 0.29) is 5.28 Å². The summed E-state index contributed by atoms with van der Waals surface area (Å²) in [7, 11) is 1.97. The fourth-order valence-corrected chi connectivity index (χ4v) is 1.67. The Morgan fingerprint density at radius 2 is 2.12 bits per heavy atom. The van der Waals surface area contributed by atoms with Crippen LogP contribution in [0.25, 0.3) is 0 Å². The maximum absolute atomic E-state index is 5.86. The molecule has 5 nitrogen and oxygen atoms in total. The molecule has 1 aromatic rings. The van der Waals surface area contributed by atoms with Gasteiger partial charge in [0.1, 0.15) is 0 Å². The molecule has 2 rings (SSSR count). The van der Waals surface area contributed by atoms with Crippen molar-refractivity contribution in [2.24, 2.45) is 5.92 Å². The number of aromatic nitrogens is 3. The zero-order valence-electron chi connectivity index (χ0n) is 10.2. The topological polar surface area (TPSA) is 51.1 Å². The molecule has 0 saturated heterocycles. The van der Waals surface area contributed by atoms with Gasteiger partial charge in [-0.3, -0.25) is 0 Å². The van der Waals surface area contributed by atoms with Crippen molar-refractivity contribution in [3.63, 3.8) is 0 Å². The zero-order chi connectivity index (χ0) is 12.3. The predicted molar refractivity (Wildman–Crippen MR) is 66.6 cm³/mol. The van der Waals surface area contributed by atoms with E-state index in [0.717, 1.165) is 18.9 Å². The zero-order valence-corrected chi connectivity index (χ0v) is 10.9. The van der Waals surface area contributed by atoms with Crippen molar-refractivity contribution in [2.75, 3.05) is 25.1 Å². The van der Waals surface area contributed by atoms with Crippen LogP contribution in [0.2, 0.25) is 5.28 Å². The summed E-state index contributed by atoms with van der Waals surface area (Å²) < 4.78 is 5.37. The minimum absolute atomic E-state index is 0.184. The smallest absolute Gasteiger partial charge is 0.322 e. The summed E-state index contributed by atoms with van der Waals surface area (Å²) in [6, 6.07) is 0.310. The van der Waals surface area contributed by atoms with E-state index in [1.807, 2.05) is 18.9 Å². The lowest BCUT2D eigenvalue weighted by atomic mass is 10.4. The average molecular weight is 257 g/mol. The summed E-state index contributed by atoms with van der Waals surface area (Å²) in [5, 5.41) is 0.184. The van der Waals surface area contributed by atoms with E-state index in [1.54, 1.807) is 0 Å². The summed E-state index contributed by atoms with van der Waals surface area (Å²) in [5.74, 6) is 1.36. The number of nitrogens with zero attached hydrogens (tertiary/aromatic N) is 4. The standard InChI is InChI=1S/C11H17ClN4O/c1-3-6-17-11-14-9(12)13-10(15-11)16(2)7-8-4-5-8/h8H,3-7H2,1-2H3. The van der Waals surface area contributed by atoms with Crippen LogP contribution in [0.5, 0.6) is 6.01 Å². The first-order chi connectivity index (χ1) is 8.19. The third-order valence-electron chi connectivity index (χ3n) is 2.58. The van der Waals surface area contributed by atoms with Crippen LogP contribution in [0.1, 0.15) is 26.2 Å². The lowest BCUT2D eigenvalue weighted by Gasteiger charge is -2.16. The third kappa shape index (κ3) is 3.70. The van der Waals surface area contributed by atoms with Gasteiger partial charge in [-0.05, 0) is 36.8 Å². The van der Waals surface area contributed by atoms with E-state index >= 15 is 0 Å². The number of hydrogen-bond acceptors (Lipinski definition) is 5. The normalized spacial score (nSPS) is 14.8. The minimum Gasteiger partial charge on any atom is -0.463 e. The van der Waals surface area contributed by atoms with Crippen LogP contribution < -0.4 is 9.64 Å². The minimum atomic E-state index is 0.184. The van der Waals surface area contributed by atoms with Gasteiger partial charge >= 0.3 is 6.01 Å². The molecule has 1 aliphatic carbocycles. The van der Waals surface area contributed by atoms with Crippen LogP contribution in [-0.2, 0) is 0 Å². The van der Waals surface area contributed by atoms with E-state index in [0.29, 0.717) is 18.6 Å². The molecule has 0 bridgehead atoms. The predicted octanol–water partition coefficient (Wildman–Crippen LogP) is 2.16. The van der Waals surface area contributed by atoms with Crippen LogP contribution in [-0.4, -0.2) is 35.2 Å². The van der Waals surface area contributed by atoms with Gasteiger partial charge in [0.15, 0.2) is 0 Å². The molecule has 0 amide bonds. The van der Waals surface area contributed by atoms with Gasteiger partial charge in [0.05, 0.1) is 6.61 Å². The fourth-order valence-electron chi connectivity index (χ4n) is 1.52. The molecule has 6 heteroatoms. The molecule has 0 N–H and O–H groups in total. The van der Waals surface area contributed by atoms with Crippen LogP contribution in [0.15, 0.2) is 0 Å². The van der Waals surface area contributed by atoms with Gasteiger partial charge in [-0.15, -0.1) is 0 Å². The van der Waals surface area contributed by atoms with Gasteiger partial charge in [-0.25, -0.2) is 0 Å². The second-order valence-electron chi connectivity index (χ2n) is 4.36. The van der Waals surface area contributed by atoms with E-state index in [1.165, 1.54) is 12.8 Å². The van der Waals surface area contributed by atoms with Gasteiger partial charge in [-0.2, -0.15) is 15.0 Å². The Labute approximate surface area is 106 Å². The van der Waals surface area contributed by atoms with Crippen molar-refractivity contribution in [3.05, 3.63) is 5.28 Å². The number of anilines is 1. The van der Waals surface area contributed by atoms with Crippen molar-refractivity contribution < 1.29 is 4.74 Å². The van der Waals surface area contributed by atoms with Gasteiger partial charge in [0.25, 0.3) is 0 Å². The molecule has 1 aromatic heterocycles. The van der Waals surface area contributed by atoms with Crippen LogP contribution >= 0.6 is 11.6 Å². The molecule has 0 aromatic carbocycles. The van der Waals surface area contributed by atoms with Crippen LogP contribution in [0, 0.1) is 5.92 Å². The number of ether oxygens (including phenoxy) is 1. The molecule has 0 spiro atoms. The molecule has 1 saturated carbocycles. The van der Waals surface area contributed by atoms with Crippen molar-refractivity contribution in [2.45, 2.75) is 26.2 Å². The van der Waals surface area contributed by atoms with E-state index in [9.17, 15) is 0 Å². The van der Waals surface area contributed by atoms with Gasteiger partial charge in [-0.1, -0.05) is 6.92 Å². The quantitative estimate of drug-likeness (QED) is 0.781. The van der Waals surface area contributed by atoms with Crippen molar-refractivity contribution in [1.29, 1.82) is 0 Å². The Hall–Kier alpha value is -1.10. The summed E-state index contributed by atoms with van der Waals surface area (Å²) in [6.45, 7) is 3.59. The molecule has 1 fully saturated rings. The number of halogens is 1. The largest absolute Gasteiger partial charge is 0.463 e. The van der Waals surface area contributed by atoms with Gasteiger partial charge in [0.2, 0.25) is 11.2 Å². The Bertz CT molecular complexity index is 384. The highest BCUT2D eigenvalue weighted by molar-refractivity contribution is 6.28. The Kier molecular flexibility index (Phi) is 3.99. The van der Waals surface area contributed by atoms with E-state index < -0.39 is 0 Å². The van der Waals surface area contributed by atoms with Gasteiger partial charge in [0, 0.05) is 13.6 Å². The molecule has 1 heterocycles. The highest BCUT2D eigenvalue weighted by Crippen LogP contribution is 2.30. The molecule has 0 radical (unpaired) electrons. The first kappa shape index (κ1) is 12.4.